The van der Waals surface area contributed by atoms with Crippen LogP contribution in [-0.2, 0) is 6.42 Å². The molecule has 0 aliphatic heterocycles. The first kappa shape index (κ1) is 8.69. The van der Waals surface area contributed by atoms with Crippen LogP contribution in [0.3, 0.4) is 0 Å². The van der Waals surface area contributed by atoms with E-state index in [1.165, 1.54) is 6.26 Å². The Morgan fingerprint density at radius 1 is 1.29 bits per heavy atom. The summed E-state index contributed by atoms with van der Waals surface area (Å²) in [5, 5.41) is 0. The molecular weight excluding hydrogens is 178 g/mol. The number of pyridine rings is 1. The molecule has 0 saturated carbocycles. The Hall–Kier alpha value is -1.90. The summed E-state index contributed by atoms with van der Waals surface area (Å²) in [5.74, 6) is 0.404. The molecule has 0 aliphatic rings. The van der Waals surface area contributed by atoms with Crippen molar-refractivity contribution in [3.63, 3.8) is 0 Å². The molecule has 2 aromatic rings. The highest BCUT2D eigenvalue weighted by atomic mass is 16.3. The van der Waals surface area contributed by atoms with E-state index in [0.29, 0.717) is 12.2 Å². The maximum atomic E-state index is 10.6. The summed E-state index contributed by atoms with van der Waals surface area (Å²) >= 11 is 0. The van der Waals surface area contributed by atoms with Crippen LogP contribution in [0.5, 0.6) is 0 Å². The van der Waals surface area contributed by atoms with Gasteiger partial charge in [-0.15, -0.1) is 0 Å². The first-order valence-corrected chi connectivity index (χ1v) is 4.30. The van der Waals surface area contributed by atoms with Crippen LogP contribution in [-0.4, -0.2) is 11.3 Å². The normalized spacial score (nSPS) is 10.0. The second-order valence-corrected chi connectivity index (χ2v) is 2.96. The van der Waals surface area contributed by atoms with Gasteiger partial charge >= 0.3 is 0 Å². The van der Waals surface area contributed by atoms with Crippen molar-refractivity contribution < 1.29 is 9.21 Å². The van der Waals surface area contributed by atoms with Gasteiger partial charge in [0, 0.05) is 24.4 Å². The van der Waals surface area contributed by atoms with Gasteiger partial charge in [-0.25, -0.2) is 0 Å². The zero-order valence-corrected chi connectivity index (χ0v) is 7.51. The van der Waals surface area contributed by atoms with Crippen LogP contribution < -0.4 is 0 Å². The molecule has 0 saturated heterocycles. The van der Waals surface area contributed by atoms with Crippen LogP contribution in [0.4, 0.5) is 0 Å². The Bertz CT molecular complexity index is 420. The fraction of sp³-hybridized carbons (Fsp3) is 0.0909. The molecule has 3 heteroatoms. The zero-order chi connectivity index (χ0) is 9.80. The molecule has 2 rings (SSSR count). The maximum Gasteiger partial charge on any atom is 0.185 e. The monoisotopic (exact) mass is 187 g/mol. The lowest BCUT2D eigenvalue weighted by Crippen LogP contribution is -1.90. The molecule has 0 spiro atoms. The van der Waals surface area contributed by atoms with Gasteiger partial charge in [0.15, 0.2) is 12.0 Å². The third-order valence-corrected chi connectivity index (χ3v) is 2.03. The number of carbonyl (C=O) groups excluding carboxylic acids is 1. The molecular formula is C11H9NO2. The lowest BCUT2D eigenvalue weighted by Gasteiger charge is -1.97. The number of hydrogen-bond acceptors (Lipinski definition) is 3. The van der Waals surface area contributed by atoms with Crippen LogP contribution in [0.2, 0.25) is 0 Å². The third kappa shape index (κ3) is 1.71. The van der Waals surface area contributed by atoms with Gasteiger partial charge in [0.25, 0.3) is 0 Å². The predicted octanol–water partition coefficient (Wildman–Crippen LogP) is 2.08. The number of carbonyl (C=O) groups is 1. The highest BCUT2D eigenvalue weighted by Gasteiger charge is 2.05. The molecule has 0 aromatic carbocycles. The molecule has 70 valence electrons. The summed E-state index contributed by atoms with van der Waals surface area (Å²) < 4.78 is 5.00. The number of hydrogen-bond donors (Lipinski definition) is 0. The summed E-state index contributed by atoms with van der Waals surface area (Å²) in [5.41, 5.74) is 2.02. The Kier molecular flexibility index (Phi) is 2.40. The van der Waals surface area contributed by atoms with Crippen molar-refractivity contribution >= 4 is 6.29 Å². The topological polar surface area (TPSA) is 43.1 Å². The van der Waals surface area contributed by atoms with E-state index in [-0.39, 0.29) is 0 Å². The number of aldehydes is 1. The largest absolute Gasteiger partial charge is 0.461 e. The van der Waals surface area contributed by atoms with Crippen LogP contribution in [0.15, 0.2) is 41.3 Å². The molecule has 14 heavy (non-hydrogen) atoms. The average Bonchev–Trinajstić information content (AvgIpc) is 2.67. The first-order chi connectivity index (χ1) is 6.90. The molecule has 0 aliphatic carbocycles. The van der Waals surface area contributed by atoms with Gasteiger partial charge < -0.3 is 4.42 Å². The summed E-state index contributed by atoms with van der Waals surface area (Å²) in [7, 11) is 0. The van der Waals surface area contributed by atoms with E-state index in [0.717, 1.165) is 17.4 Å². The highest BCUT2D eigenvalue weighted by Crippen LogP contribution is 2.13. The Morgan fingerprint density at radius 3 is 2.79 bits per heavy atom. The van der Waals surface area contributed by atoms with Crippen LogP contribution in [0.25, 0.3) is 0 Å². The fourth-order valence-corrected chi connectivity index (χ4v) is 1.32. The van der Waals surface area contributed by atoms with Crippen LogP contribution in [0.1, 0.15) is 21.7 Å². The molecule has 2 heterocycles. The summed E-state index contributed by atoms with van der Waals surface area (Å²) in [4.78, 5) is 14.5. The average molecular weight is 187 g/mol. The van der Waals surface area contributed by atoms with Crippen LogP contribution >= 0.6 is 0 Å². The SMILES string of the molecule is O=Cc1occc1Cc1ccncc1. The second-order valence-electron chi connectivity index (χ2n) is 2.96. The molecule has 0 amide bonds. The molecule has 0 N–H and O–H groups in total. The lowest BCUT2D eigenvalue weighted by molar-refractivity contribution is 0.109. The van der Waals surface area contributed by atoms with E-state index in [4.69, 9.17) is 4.42 Å². The van der Waals surface area contributed by atoms with Crippen molar-refractivity contribution in [1.82, 2.24) is 4.98 Å². The van der Waals surface area contributed by atoms with Gasteiger partial charge in [-0.3, -0.25) is 9.78 Å². The molecule has 2 aromatic heterocycles. The smallest absolute Gasteiger partial charge is 0.185 e. The molecule has 0 bridgehead atoms. The van der Waals surface area contributed by atoms with Crippen molar-refractivity contribution in [2.75, 3.05) is 0 Å². The Labute approximate surface area is 81.4 Å². The van der Waals surface area contributed by atoms with E-state index < -0.39 is 0 Å². The van der Waals surface area contributed by atoms with Gasteiger partial charge in [0.05, 0.1) is 6.26 Å². The van der Waals surface area contributed by atoms with E-state index >= 15 is 0 Å². The number of rotatable bonds is 3. The summed E-state index contributed by atoms with van der Waals surface area (Å²) in [6, 6.07) is 5.65. The standard InChI is InChI=1S/C11H9NO2/c13-8-11-10(3-6-14-11)7-9-1-4-12-5-2-9/h1-6,8H,7H2. The van der Waals surface area contributed by atoms with Crippen molar-refractivity contribution in [3.8, 4) is 0 Å². The number of furan rings is 1. The lowest BCUT2D eigenvalue weighted by atomic mass is 10.1. The van der Waals surface area contributed by atoms with E-state index in [1.807, 2.05) is 18.2 Å². The van der Waals surface area contributed by atoms with E-state index in [9.17, 15) is 4.79 Å². The van der Waals surface area contributed by atoms with Gasteiger partial charge in [0.2, 0.25) is 0 Å². The molecule has 3 nitrogen and oxygen atoms in total. The van der Waals surface area contributed by atoms with Gasteiger partial charge in [-0.05, 0) is 23.8 Å². The van der Waals surface area contributed by atoms with Gasteiger partial charge in [-0.2, -0.15) is 0 Å². The van der Waals surface area contributed by atoms with Crippen molar-refractivity contribution in [2.45, 2.75) is 6.42 Å². The maximum absolute atomic E-state index is 10.6. The summed E-state index contributed by atoms with van der Waals surface area (Å²) in [6.45, 7) is 0. The first-order valence-electron chi connectivity index (χ1n) is 4.30. The zero-order valence-electron chi connectivity index (χ0n) is 7.51. The van der Waals surface area contributed by atoms with Crippen LogP contribution in [0, 0.1) is 0 Å². The minimum absolute atomic E-state index is 0.404. The highest BCUT2D eigenvalue weighted by molar-refractivity contribution is 5.73. The molecule has 0 fully saturated rings. The van der Waals surface area contributed by atoms with E-state index in [1.54, 1.807) is 12.4 Å². The van der Waals surface area contributed by atoms with Gasteiger partial charge in [0.1, 0.15) is 0 Å². The van der Waals surface area contributed by atoms with Crippen molar-refractivity contribution in [2.24, 2.45) is 0 Å². The van der Waals surface area contributed by atoms with Gasteiger partial charge in [-0.1, -0.05) is 0 Å². The molecule has 0 atom stereocenters. The van der Waals surface area contributed by atoms with E-state index in [2.05, 4.69) is 4.98 Å². The Morgan fingerprint density at radius 2 is 2.07 bits per heavy atom. The minimum Gasteiger partial charge on any atom is -0.461 e. The number of aromatic nitrogens is 1. The number of nitrogens with zero attached hydrogens (tertiary/aromatic N) is 1. The molecule has 0 unspecified atom stereocenters. The fourth-order valence-electron chi connectivity index (χ4n) is 1.32. The third-order valence-electron chi connectivity index (χ3n) is 2.03. The summed E-state index contributed by atoms with van der Waals surface area (Å²) in [6.07, 6.45) is 6.43. The quantitative estimate of drug-likeness (QED) is 0.691. The second kappa shape index (κ2) is 3.87. The Balaban J connectivity index is 2.23. The molecule has 0 radical (unpaired) electrons. The van der Waals surface area contributed by atoms with Crippen molar-refractivity contribution in [3.05, 3.63) is 53.7 Å². The van der Waals surface area contributed by atoms with Crippen molar-refractivity contribution in [1.29, 1.82) is 0 Å². The predicted molar refractivity (Wildman–Crippen MR) is 51.1 cm³/mol. The minimum atomic E-state index is 0.404.